The van der Waals surface area contributed by atoms with E-state index in [-0.39, 0.29) is 17.6 Å². The van der Waals surface area contributed by atoms with Crippen molar-refractivity contribution in [3.63, 3.8) is 0 Å². The van der Waals surface area contributed by atoms with Crippen LogP contribution in [0.1, 0.15) is 19.4 Å². The molecule has 1 amide bonds. The number of sulfonamides is 1. The average molecular weight is 310 g/mol. The van der Waals surface area contributed by atoms with Gasteiger partial charge in [0.2, 0.25) is 21.9 Å². The average Bonchev–Trinajstić information content (AvgIpc) is 2.35. The molecule has 1 heterocycles. The minimum Gasteiger partial charge on any atom is -0.345 e. The highest BCUT2D eigenvalue weighted by Gasteiger charge is 2.41. The van der Waals surface area contributed by atoms with Crippen LogP contribution < -0.4 is 10.6 Å². The van der Waals surface area contributed by atoms with E-state index in [0.717, 1.165) is 4.31 Å². The number of benzene rings is 1. The number of carbonyl (C=O) groups excluding carboxylic acids is 1. The summed E-state index contributed by atoms with van der Waals surface area (Å²) in [6.07, 6.45) is 0. The molecule has 0 aromatic heterocycles. The molecule has 0 radical (unpaired) electrons. The highest BCUT2D eigenvalue weighted by Crippen LogP contribution is 2.29. The lowest BCUT2D eigenvalue weighted by Gasteiger charge is -2.40. The molecule has 3 N–H and O–H groups in total. The molecule has 1 atom stereocenters. The van der Waals surface area contributed by atoms with Crippen LogP contribution in [0.3, 0.4) is 0 Å². The first kappa shape index (κ1) is 15.3. The molecule has 7 nitrogen and oxygen atoms in total. The van der Waals surface area contributed by atoms with Crippen molar-refractivity contribution in [2.75, 3.05) is 18.1 Å². The minimum atomic E-state index is -3.54. The predicted octanol–water partition coefficient (Wildman–Crippen LogP) is 0.660. The molecule has 1 aromatic rings. The largest absolute Gasteiger partial charge is 0.345 e. The van der Waals surface area contributed by atoms with E-state index < -0.39 is 15.6 Å². The topological polar surface area (TPSA) is 102 Å². The quantitative estimate of drug-likeness (QED) is 0.746. The molecule has 21 heavy (non-hydrogen) atoms. The number of amides is 1. The predicted molar refractivity (Wildman–Crippen MR) is 80.5 cm³/mol. The van der Waals surface area contributed by atoms with Gasteiger partial charge in [-0.2, -0.15) is 0 Å². The molecule has 0 spiro atoms. The van der Waals surface area contributed by atoms with Gasteiger partial charge in [-0.3, -0.25) is 10.2 Å². The van der Waals surface area contributed by atoms with Crippen LogP contribution in [0.4, 0.5) is 5.69 Å². The highest BCUT2D eigenvalue weighted by molar-refractivity contribution is 7.89. The van der Waals surface area contributed by atoms with Crippen molar-refractivity contribution in [2.24, 2.45) is 0 Å². The number of hydrogen-bond donors (Lipinski definition) is 3. The smallest absolute Gasteiger partial charge is 0.239 e. The lowest BCUT2D eigenvalue weighted by atomic mass is 9.93. The Morgan fingerprint density at radius 3 is 2.71 bits per heavy atom. The van der Waals surface area contributed by atoms with Crippen molar-refractivity contribution in [3.8, 4) is 0 Å². The number of nitrogens with one attached hydrogen (secondary N) is 3. The molecule has 1 aliphatic rings. The van der Waals surface area contributed by atoms with Crippen molar-refractivity contribution in [2.45, 2.75) is 19.4 Å². The van der Waals surface area contributed by atoms with Gasteiger partial charge >= 0.3 is 0 Å². The summed E-state index contributed by atoms with van der Waals surface area (Å²) in [5, 5.41) is 13.4. The van der Waals surface area contributed by atoms with Crippen molar-refractivity contribution in [3.05, 3.63) is 29.8 Å². The number of hydrogen-bond acceptors (Lipinski definition) is 4. The van der Waals surface area contributed by atoms with E-state index in [1.807, 2.05) is 0 Å². The Bertz CT molecular complexity index is 701. The van der Waals surface area contributed by atoms with Crippen LogP contribution in [0.2, 0.25) is 0 Å². The number of nitrogens with zero attached hydrogens (tertiary/aromatic N) is 1. The van der Waals surface area contributed by atoms with Gasteiger partial charge in [0.1, 0.15) is 0 Å². The van der Waals surface area contributed by atoms with Gasteiger partial charge in [0.15, 0.2) is 0 Å². The van der Waals surface area contributed by atoms with Gasteiger partial charge in [0.05, 0.1) is 11.3 Å². The van der Waals surface area contributed by atoms with Gasteiger partial charge in [-0.1, -0.05) is 12.1 Å². The molecule has 0 unspecified atom stereocenters. The van der Waals surface area contributed by atoms with Gasteiger partial charge in [0, 0.05) is 19.7 Å². The van der Waals surface area contributed by atoms with E-state index in [1.165, 1.54) is 14.0 Å². The van der Waals surface area contributed by atoms with E-state index in [4.69, 9.17) is 5.41 Å². The summed E-state index contributed by atoms with van der Waals surface area (Å²) in [4.78, 5) is 11.1. The lowest BCUT2D eigenvalue weighted by molar-refractivity contribution is -0.114. The highest BCUT2D eigenvalue weighted by atomic mass is 32.2. The van der Waals surface area contributed by atoms with Crippen LogP contribution in [0.15, 0.2) is 24.3 Å². The third-order valence-electron chi connectivity index (χ3n) is 3.42. The van der Waals surface area contributed by atoms with Crippen molar-refractivity contribution in [1.29, 1.82) is 5.41 Å². The SMILES string of the molecule is CC(=O)Nc1cccc([C@]2(C)CS(=O)(=O)N(C)C(=N)N2)c1. The molecule has 2 rings (SSSR count). The molecule has 1 saturated heterocycles. The van der Waals surface area contributed by atoms with Gasteiger partial charge in [-0.25, -0.2) is 12.7 Å². The molecule has 1 aromatic carbocycles. The third-order valence-corrected chi connectivity index (χ3v) is 5.38. The standard InChI is InChI=1S/C13H18N4O3S/c1-9(18)15-11-6-4-5-10(7-11)13(2)8-21(19,20)17(3)12(14)16-13/h4-7H,8H2,1-3H3,(H2,14,16)(H,15,18)/t13-/m0/s1. The summed E-state index contributed by atoms with van der Waals surface area (Å²) in [5.41, 5.74) is 0.359. The summed E-state index contributed by atoms with van der Waals surface area (Å²) in [6.45, 7) is 3.13. The Balaban J connectivity index is 2.40. The molecule has 114 valence electrons. The van der Waals surface area contributed by atoms with Crippen molar-refractivity contribution < 1.29 is 13.2 Å². The normalized spacial score (nSPS) is 24.3. The number of guanidine groups is 1. The van der Waals surface area contributed by atoms with Gasteiger partial charge in [-0.15, -0.1) is 0 Å². The Morgan fingerprint density at radius 1 is 1.48 bits per heavy atom. The van der Waals surface area contributed by atoms with Crippen molar-refractivity contribution >= 4 is 27.6 Å². The maximum Gasteiger partial charge on any atom is 0.239 e. The van der Waals surface area contributed by atoms with Crippen LogP contribution >= 0.6 is 0 Å². The Hall–Kier alpha value is -2.09. The second-order valence-corrected chi connectivity index (χ2v) is 7.29. The molecule has 0 aliphatic carbocycles. The molecule has 1 fully saturated rings. The Labute approximate surface area is 123 Å². The second kappa shape index (κ2) is 5.03. The fraction of sp³-hybridized carbons (Fsp3) is 0.385. The van der Waals surface area contributed by atoms with E-state index >= 15 is 0 Å². The fourth-order valence-electron chi connectivity index (χ4n) is 2.28. The minimum absolute atomic E-state index is 0.164. The molecule has 0 bridgehead atoms. The zero-order valence-electron chi connectivity index (χ0n) is 12.1. The monoisotopic (exact) mass is 310 g/mol. The molecule has 8 heteroatoms. The number of anilines is 1. The fourth-order valence-corrected chi connectivity index (χ4v) is 3.76. The zero-order chi connectivity index (χ0) is 15.8. The summed E-state index contributed by atoms with van der Waals surface area (Å²) in [5.74, 6) is -0.537. The second-order valence-electron chi connectivity index (χ2n) is 5.29. The first-order valence-electron chi connectivity index (χ1n) is 6.35. The van der Waals surface area contributed by atoms with E-state index in [1.54, 1.807) is 31.2 Å². The van der Waals surface area contributed by atoms with E-state index in [0.29, 0.717) is 11.3 Å². The van der Waals surface area contributed by atoms with Crippen molar-refractivity contribution in [1.82, 2.24) is 9.62 Å². The summed E-state index contributed by atoms with van der Waals surface area (Å²) < 4.78 is 25.2. The molecular weight excluding hydrogens is 292 g/mol. The molecule has 1 aliphatic heterocycles. The Morgan fingerprint density at radius 2 is 2.14 bits per heavy atom. The van der Waals surface area contributed by atoms with Crippen LogP contribution in [0.5, 0.6) is 0 Å². The van der Waals surface area contributed by atoms with Gasteiger partial charge in [0.25, 0.3) is 0 Å². The van der Waals surface area contributed by atoms with Crippen LogP contribution in [0.25, 0.3) is 0 Å². The van der Waals surface area contributed by atoms with E-state index in [9.17, 15) is 13.2 Å². The molecular formula is C13H18N4O3S. The first-order valence-corrected chi connectivity index (χ1v) is 7.96. The number of carbonyl (C=O) groups is 1. The van der Waals surface area contributed by atoms with Gasteiger partial charge < -0.3 is 10.6 Å². The maximum absolute atomic E-state index is 12.1. The first-order chi connectivity index (χ1) is 9.64. The maximum atomic E-state index is 12.1. The Kier molecular flexibility index (Phi) is 3.66. The van der Waals surface area contributed by atoms with Gasteiger partial charge in [-0.05, 0) is 24.6 Å². The number of rotatable bonds is 2. The third kappa shape index (κ3) is 2.99. The van der Waals surface area contributed by atoms with E-state index in [2.05, 4.69) is 10.6 Å². The van der Waals surface area contributed by atoms with Crippen LogP contribution in [0, 0.1) is 5.41 Å². The van der Waals surface area contributed by atoms with Crippen LogP contribution in [-0.2, 0) is 20.4 Å². The summed E-state index contributed by atoms with van der Waals surface area (Å²) >= 11 is 0. The summed E-state index contributed by atoms with van der Waals surface area (Å²) in [7, 11) is -2.20. The summed E-state index contributed by atoms with van der Waals surface area (Å²) in [6, 6.07) is 6.94. The van der Waals surface area contributed by atoms with Crippen LogP contribution in [-0.4, -0.2) is 37.4 Å². The zero-order valence-corrected chi connectivity index (χ0v) is 12.9. The lowest BCUT2D eigenvalue weighted by Crippen LogP contribution is -2.60. The molecule has 0 saturated carbocycles.